The lowest BCUT2D eigenvalue weighted by molar-refractivity contribution is 0.158. The predicted molar refractivity (Wildman–Crippen MR) is 93.4 cm³/mol. The Morgan fingerprint density at radius 3 is 2.14 bits per heavy atom. The van der Waals surface area contributed by atoms with Crippen molar-refractivity contribution in [3.05, 3.63) is 28.5 Å². The van der Waals surface area contributed by atoms with Crippen LogP contribution in [0.5, 0.6) is 0 Å². The third-order valence-electron chi connectivity index (χ3n) is 3.93. The second-order valence-corrected chi connectivity index (χ2v) is 6.71. The maximum Gasteiger partial charge on any atom is 0.0971 e. The highest BCUT2D eigenvalue weighted by Gasteiger charge is 2.11. The van der Waals surface area contributed by atoms with Crippen LogP contribution in [0.4, 0.5) is 0 Å². The first-order valence-corrected chi connectivity index (χ1v) is 9.33. The van der Waals surface area contributed by atoms with Crippen molar-refractivity contribution in [3.63, 3.8) is 0 Å². The van der Waals surface area contributed by atoms with Gasteiger partial charge in [-0.05, 0) is 34.5 Å². The molecule has 1 N–H and O–H groups in total. The van der Waals surface area contributed by atoms with E-state index in [2.05, 4.69) is 27.8 Å². The van der Waals surface area contributed by atoms with Gasteiger partial charge in [0, 0.05) is 10.7 Å². The molecule has 0 saturated carbocycles. The Labute approximate surface area is 138 Å². The molecular formula is C18H30BrNO. The lowest BCUT2D eigenvalue weighted by Crippen LogP contribution is -2.01. The number of nitrogens with zero attached hydrogens (tertiary/aromatic N) is 1. The van der Waals surface area contributed by atoms with E-state index >= 15 is 0 Å². The first-order chi connectivity index (χ1) is 10.3. The van der Waals surface area contributed by atoms with Gasteiger partial charge < -0.3 is 5.11 Å². The third-order valence-corrected chi connectivity index (χ3v) is 4.60. The van der Waals surface area contributed by atoms with Crippen LogP contribution < -0.4 is 0 Å². The standard InChI is InChI=1S/C18H30BrNO/c1-2-3-4-5-6-7-8-9-10-11-14-17(21)18-16(19)13-12-15-20-18/h12-13,15,17,21H,2-11,14H2,1H3. The summed E-state index contributed by atoms with van der Waals surface area (Å²) in [5, 5.41) is 10.1. The monoisotopic (exact) mass is 355 g/mol. The molecule has 1 unspecified atom stereocenters. The molecule has 1 aromatic rings. The molecule has 1 rings (SSSR count). The Bertz CT molecular complexity index is 370. The molecule has 0 amide bonds. The number of halogens is 1. The van der Waals surface area contributed by atoms with E-state index in [9.17, 15) is 5.11 Å². The van der Waals surface area contributed by atoms with Crippen molar-refractivity contribution in [3.8, 4) is 0 Å². The first-order valence-electron chi connectivity index (χ1n) is 8.54. The second kappa shape index (κ2) is 12.2. The minimum atomic E-state index is -0.436. The van der Waals surface area contributed by atoms with Crippen LogP contribution in [0.3, 0.4) is 0 Å². The number of aliphatic hydroxyl groups is 1. The summed E-state index contributed by atoms with van der Waals surface area (Å²) in [6.45, 7) is 2.26. The Hall–Kier alpha value is -0.410. The average Bonchev–Trinajstić information content (AvgIpc) is 2.49. The molecule has 0 aliphatic rings. The van der Waals surface area contributed by atoms with Crippen molar-refractivity contribution < 1.29 is 5.11 Å². The van der Waals surface area contributed by atoms with Crippen molar-refractivity contribution in [2.45, 2.75) is 83.7 Å². The van der Waals surface area contributed by atoms with Crippen molar-refractivity contribution >= 4 is 15.9 Å². The number of pyridine rings is 1. The second-order valence-electron chi connectivity index (χ2n) is 5.86. The maximum absolute atomic E-state index is 10.1. The van der Waals surface area contributed by atoms with Crippen molar-refractivity contribution in [2.24, 2.45) is 0 Å². The summed E-state index contributed by atoms with van der Waals surface area (Å²) >= 11 is 3.44. The van der Waals surface area contributed by atoms with E-state index in [1.54, 1.807) is 6.20 Å². The summed E-state index contributed by atoms with van der Waals surface area (Å²) in [6, 6.07) is 3.81. The highest BCUT2D eigenvalue weighted by Crippen LogP contribution is 2.25. The van der Waals surface area contributed by atoms with E-state index in [0.29, 0.717) is 0 Å². The van der Waals surface area contributed by atoms with Gasteiger partial charge in [-0.3, -0.25) is 4.98 Å². The number of aliphatic hydroxyl groups excluding tert-OH is 1. The van der Waals surface area contributed by atoms with Crippen LogP contribution in [-0.2, 0) is 0 Å². The fourth-order valence-corrected chi connectivity index (χ4v) is 3.12. The Balaban J connectivity index is 1.98. The molecule has 0 radical (unpaired) electrons. The van der Waals surface area contributed by atoms with Crippen LogP contribution in [0.1, 0.15) is 89.4 Å². The number of hydrogen-bond donors (Lipinski definition) is 1. The molecule has 120 valence electrons. The van der Waals surface area contributed by atoms with Gasteiger partial charge in [0.25, 0.3) is 0 Å². The normalized spacial score (nSPS) is 12.5. The van der Waals surface area contributed by atoms with Crippen LogP contribution in [-0.4, -0.2) is 10.1 Å². The van der Waals surface area contributed by atoms with Crippen LogP contribution in [0.2, 0.25) is 0 Å². The van der Waals surface area contributed by atoms with E-state index < -0.39 is 6.10 Å². The first kappa shape index (κ1) is 18.6. The molecule has 0 fully saturated rings. The van der Waals surface area contributed by atoms with E-state index in [-0.39, 0.29) is 0 Å². The molecule has 0 aromatic carbocycles. The van der Waals surface area contributed by atoms with E-state index in [4.69, 9.17) is 0 Å². The summed E-state index contributed by atoms with van der Waals surface area (Å²) in [7, 11) is 0. The Morgan fingerprint density at radius 2 is 1.57 bits per heavy atom. The van der Waals surface area contributed by atoms with E-state index in [1.807, 2.05) is 12.1 Å². The third kappa shape index (κ3) is 8.57. The highest BCUT2D eigenvalue weighted by molar-refractivity contribution is 9.10. The fourth-order valence-electron chi connectivity index (χ4n) is 2.60. The average molecular weight is 356 g/mol. The van der Waals surface area contributed by atoms with Gasteiger partial charge in [0.15, 0.2) is 0 Å². The molecule has 1 heterocycles. The summed E-state index contributed by atoms with van der Waals surface area (Å²) in [5.74, 6) is 0. The molecule has 21 heavy (non-hydrogen) atoms. The molecule has 0 aliphatic carbocycles. The van der Waals surface area contributed by atoms with Crippen molar-refractivity contribution in [2.75, 3.05) is 0 Å². The van der Waals surface area contributed by atoms with Gasteiger partial charge in [-0.1, -0.05) is 71.1 Å². The Morgan fingerprint density at radius 1 is 1.00 bits per heavy atom. The maximum atomic E-state index is 10.1. The lowest BCUT2D eigenvalue weighted by Gasteiger charge is -2.11. The zero-order valence-corrected chi connectivity index (χ0v) is 14.9. The van der Waals surface area contributed by atoms with Gasteiger partial charge in [0.05, 0.1) is 11.8 Å². The number of hydrogen-bond acceptors (Lipinski definition) is 2. The van der Waals surface area contributed by atoms with Gasteiger partial charge in [-0.2, -0.15) is 0 Å². The summed E-state index contributed by atoms with van der Waals surface area (Å²) in [6.07, 6.45) is 15.3. The number of rotatable bonds is 12. The van der Waals surface area contributed by atoms with Gasteiger partial charge in [0.1, 0.15) is 0 Å². The molecule has 2 nitrogen and oxygen atoms in total. The van der Waals surface area contributed by atoms with Crippen molar-refractivity contribution in [1.82, 2.24) is 4.98 Å². The zero-order valence-electron chi connectivity index (χ0n) is 13.4. The molecule has 1 aromatic heterocycles. The van der Waals surface area contributed by atoms with E-state index in [0.717, 1.165) is 23.0 Å². The van der Waals surface area contributed by atoms with E-state index in [1.165, 1.54) is 57.8 Å². The van der Waals surface area contributed by atoms with Crippen molar-refractivity contribution in [1.29, 1.82) is 0 Å². The molecule has 3 heteroatoms. The molecule has 1 atom stereocenters. The van der Waals surface area contributed by atoms with Crippen LogP contribution in [0.25, 0.3) is 0 Å². The molecule has 0 spiro atoms. The fraction of sp³-hybridized carbons (Fsp3) is 0.722. The summed E-state index contributed by atoms with van der Waals surface area (Å²) in [4.78, 5) is 4.25. The topological polar surface area (TPSA) is 33.1 Å². The highest BCUT2D eigenvalue weighted by atomic mass is 79.9. The predicted octanol–water partition coefficient (Wildman–Crippen LogP) is 6.19. The van der Waals surface area contributed by atoms with Gasteiger partial charge in [0.2, 0.25) is 0 Å². The zero-order chi connectivity index (χ0) is 15.3. The minimum Gasteiger partial charge on any atom is -0.387 e. The van der Waals surface area contributed by atoms with Crippen LogP contribution in [0, 0.1) is 0 Å². The summed E-state index contributed by atoms with van der Waals surface area (Å²) < 4.78 is 0.907. The molecule has 0 saturated heterocycles. The number of aromatic nitrogens is 1. The number of unbranched alkanes of at least 4 members (excludes halogenated alkanes) is 9. The summed E-state index contributed by atoms with van der Waals surface area (Å²) in [5.41, 5.74) is 0.772. The van der Waals surface area contributed by atoms with Gasteiger partial charge >= 0.3 is 0 Å². The lowest BCUT2D eigenvalue weighted by atomic mass is 10.0. The van der Waals surface area contributed by atoms with Gasteiger partial charge in [-0.15, -0.1) is 0 Å². The Kier molecular flexibility index (Phi) is 10.8. The van der Waals surface area contributed by atoms with Crippen LogP contribution in [0.15, 0.2) is 22.8 Å². The quantitative estimate of drug-likeness (QED) is 0.453. The molecule has 0 bridgehead atoms. The van der Waals surface area contributed by atoms with Gasteiger partial charge in [-0.25, -0.2) is 0 Å². The SMILES string of the molecule is CCCCCCCCCCCCC(O)c1ncccc1Br. The molecule has 0 aliphatic heterocycles. The van der Waals surface area contributed by atoms with Crippen LogP contribution >= 0.6 is 15.9 Å². The smallest absolute Gasteiger partial charge is 0.0971 e. The minimum absolute atomic E-state index is 0.436. The largest absolute Gasteiger partial charge is 0.387 e. The molecular weight excluding hydrogens is 326 g/mol.